The maximum absolute atomic E-state index is 6.59. The molecule has 2 aromatic heterocycles. The predicted octanol–water partition coefficient (Wildman–Crippen LogP) is 12.3. The highest BCUT2D eigenvalue weighted by molar-refractivity contribution is 6.16. The van der Waals surface area contributed by atoms with E-state index in [4.69, 9.17) is 4.42 Å². The van der Waals surface area contributed by atoms with Gasteiger partial charge in [-0.05, 0) is 93.0 Å². The van der Waals surface area contributed by atoms with Gasteiger partial charge in [0, 0.05) is 32.6 Å². The van der Waals surface area contributed by atoms with Crippen molar-refractivity contribution in [1.29, 1.82) is 0 Å². The summed E-state index contributed by atoms with van der Waals surface area (Å²) in [5.74, 6) is 0. The van der Waals surface area contributed by atoms with E-state index < -0.39 is 0 Å². The van der Waals surface area contributed by atoms with Gasteiger partial charge in [0.1, 0.15) is 11.2 Å². The third kappa shape index (κ3) is 3.73. The summed E-state index contributed by atoms with van der Waals surface area (Å²) in [6.07, 6.45) is 0. The lowest BCUT2D eigenvalue weighted by molar-refractivity contribution is 0.647. The molecule has 2 nitrogen and oxygen atoms in total. The summed E-state index contributed by atoms with van der Waals surface area (Å²) < 4.78 is 8.98. The fourth-order valence-electron chi connectivity index (χ4n) is 8.11. The van der Waals surface area contributed by atoms with E-state index in [1.165, 1.54) is 77.1 Å². The molecule has 10 rings (SSSR count). The van der Waals surface area contributed by atoms with Gasteiger partial charge in [0.05, 0.1) is 11.0 Å². The molecule has 0 unspecified atom stereocenters. The van der Waals surface area contributed by atoms with Crippen molar-refractivity contribution in [2.24, 2.45) is 0 Å². The van der Waals surface area contributed by atoms with E-state index in [0.717, 1.165) is 16.9 Å². The second-order valence-electron chi connectivity index (χ2n) is 13.3. The van der Waals surface area contributed by atoms with E-state index in [1.54, 1.807) is 0 Å². The fraction of sp³-hybridized carbons (Fsp3) is 0.0667. The summed E-state index contributed by atoms with van der Waals surface area (Å²) in [6.45, 7) is 4.64. The van der Waals surface area contributed by atoms with E-state index in [2.05, 4.69) is 170 Å². The van der Waals surface area contributed by atoms with E-state index >= 15 is 0 Å². The molecule has 222 valence electrons. The van der Waals surface area contributed by atoms with Crippen LogP contribution in [0.3, 0.4) is 0 Å². The molecule has 0 saturated heterocycles. The van der Waals surface area contributed by atoms with Crippen LogP contribution >= 0.6 is 0 Å². The summed E-state index contributed by atoms with van der Waals surface area (Å²) in [6, 6.07) is 55.1. The molecule has 1 aliphatic carbocycles. The van der Waals surface area contributed by atoms with Gasteiger partial charge in [-0.2, -0.15) is 0 Å². The highest BCUT2D eigenvalue weighted by Gasteiger charge is 2.36. The van der Waals surface area contributed by atoms with Gasteiger partial charge >= 0.3 is 0 Å². The van der Waals surface area contributed by atoms with Gasteiger partial charge in [-0.25, -0.2) is 0 Å². The number of hydrogen-bond acceptors (Lipinski definition) is 1. The Morgan fingerprint density at radius 3 is 2.02 bits per heavy atom. The molecule has 2 heterocycles. The minimum absolute atomic E-state index is 0.0664. The van der Waals surface area contributed by atoms with Gasteiger partial charge in [0.2, 0.25) is 0 Å². The molecule has 0 spiro atoms. The molecule has 47 heavy (non-hydrogen) atoms. The Morgan fingerprint density at radius 2 is 1.15 bits per heavy atom. The number of fused-ring (bicyclic) bond motifs is 9. The number of benzene rings is 7. The average molecular weight is 602 g/mol. The van der Waals surface area contributed by atoms with Crippen LogP contribution in [0.4, 0.5) is 0 Å². The first-order chi connectivity index (χ1) is 23.1. The Bertz CT molecular complexity index is 2690. The minimum atomic E-state index is -0.0664. The summed E-state index contributed by atoms with van der Waals surface area (Å²) >= 11 is 0. The predicted molar refractivity (Wildman–Crippen MR) is 196 cm³/mol. The molecule has 0 saturated carbocycles. The molecular formula is C45H31NO. The zero-order valence-corrected chi connectivity index (χ0v) is 26.3. The number of nitrogens with zero attached hydrogens (tertiary/aromatic N) is 1. The van der Waals surface area contributed by atoms with Gasteiger partial charge in [0.15, 0.2) is 0 Å². The molecule has 9 aromatic rings. The molecule has 0 fully saturated rings. The van der Waals surface area contributed by atoms with E-state index in [0.29, 0.717) is 0 Å². The second-order valence-corrected chi connectivity index (χ2v) is 13.3. The molecule has 1 aliphatic rings. The average Bonchev–Trinajstić information content (AvgIpc) is 3.73. The zero-order valence-electron chi connectivity index (χ0n) is 26.3. The number of para-hydroxylation sites is 1. The third-order valence-corrected chi connectivity index (χ3v) is 10.4. The van der Waals surface area contributed by atoms with Crippen LogP contribution in [0.2, 0.25) is 0 Å². The molecule has 0 amide bonds. The van der Waals surface area contributed by atoms with Gasteiger partial charge in [0.25, 0.3) is 0 Å². The molecule has 0 atom stereocenters. The first-order valence-corrected chi connectivity index (χ1v) is 16.4. The first-order valence-electron chi connectivity index (χ1n) is 16.4. The van der Waals surface area contributed by atoms with Crippen molar-refractivity contribution in [3.05, 3.63) is 163 Å². The Labute approximate surface area is 273 Å². The maximum atomic E-state index is 6.59. The van der Waals surface area contributed by atoms with Crippen molar-refractivity contribution in [3.63, 3.8) is 0 Å². The molecule has 0 N–H and O–H groups in total. The summed E-state index contributed by atoms with van der Waals surface area (Å²) in [7, 11) is 0. The topological polar surface area (TPSA) is 18.1 Å². The molecule has 0 radical (unpaired) electrons. The van der Waals surface area contributed by atoms with E-state index in [-0.39, 0.29) is 5.41 Å². The van der Waals surface area contributed by atoms with Crippen LogP contribution in [-0.4, -0.2) is 4.57 Å². The lowest BCUT2D eigenvalue weighted by Gasteiger charge is -2.21. The van der Waals surface area contributed by atoms with E-state index in [9.17, 15) is 0 Å². The van der Waals surface area contributed by atoms with Crippen LogP contribution in [0.15, 0.2) is 156 Å². The number of hydrogen-bond donors (Lipinski definition) is 0. The first kappa shape index (κ1) is 26.4. The van der Waals surface area contributed by atoms with Crippen LogP contribution in [0.5, 0.6) is 0 Å². The molecule has 2 heteroatoms. The summed E-state index contributed by atoms with van der Waals surface area (Å²) in [4.78, 5) is 0. The second kappa shape index (κ2) is 9.57. The van der Waals surface area contributed by atoms with Crippen LogP contribution in [-0.2, 0) is 5.41 Å². The Morgan fingerprint density at radius 1 is 0.447 bits per heavy atom. The van der Waals surface area contributed by atoms with Crippen LogP contribution < -0.4 is 0 Å². The highest BCUT2D eigenvalue weighted by Crippen LogP contribution is 2.51. The number of rotatable bonds is 3. The molecule has 0 bridgehead atoms. The maximum Gasteiger partial charge on any atom is 0.136 e. The monoisotopic (exact) mass is 601 g/mol. The summed E-state index contributed by atoms with van der Waals surface area (Å²) in [5.41, 5.74) is 15.5. The molecule has 0 aliphatic heterocycles. The lowest BCUT2D eigenvalue weighted by atomic mass is 9.82. The van der Waals surface area contributed by atoms with Gasteiger partial charge in [-0.15, -0.1) is 0 Å². The minimum Gasteiger partial charge on any atom is -0.456 e. The Balaban J connectivity index is 1.16. The van der Waals surface area contributed by atoms with Crippen molar-refractivity contribution in [2.75, 3.05) is 0 Å². The lowest BCUT2D eigenvalue weighted by Crippen LogP contribution is -2.14. The van der Waals surface area contributed by atoms with Crippen molar-refractivity contribution in [2.45, 2.75) is 19.3 Å². The van der Waals surface area contributed by atoms with Crippen molar-refractivity contribution in [3.8, 4) is 39.1 Å². The van der Waals surface area contributed by atoms with Gasteiger partial charge in [-0.3, -0.25) is 0 Å². The van der Waals surface area contributed by atoms with Crippen LogP contribution in [0.1, 0.15) is 25.0 Å². The zero-order chi connectivity index (χ0) is 31.3. The Hall–Kier alpha value is -5.86. The van der Waals surface area contributed by atoms with Gasteiger partial charge < -0.3 is 8.98 Å². The molecule has 7 aromatic carbocycles. The third-order valence-electron chi connectivity index (χ3n) is 10.4. The van der Waals surface area contributed by atoms with E-state index in [1.807, 2.05) is 0 Å². The smallest absolute Gasteiger partial charge is 0.136 e. The standard InChI is InChI=1S/C45H31NO/c1-45(2)38-16-8-6-13-33(38)35-26-37-43(27-39(35)45)47-42-18-10-15-32(44(37)42)30-21-24-41-36(25-30)34-14-7-9-17-40(34)46(41)31-22-19-29(20-23-31)28-11-4-3-5-12-28/h3-27H,1-2H3. The van der Waals surface area contributed by atoms with Crippen molar-refractivity contribution >= 4 is 43.7 Å². The number of furan rings is 1. The Kier molecular flexibility index (Phi) is 5.37. The van der Waals surface area contributed by atoms with Crippen molar-refractivity contribution in [1.82, 2.24) is 4.57 Å². The largest absolute Gasteiger partial charge is 0.456 e. The SMILES string of the molecule is CC1(C)c2ccccc2-c2cc3c(cc21)oc1cccc(-c2ccc4c(c2)c2ccccc2n4-c2ccc(-c4ccccc4)cc2)c13. The van der Waals surface area contributed by atoms with Crippen LogP contribution in [0.25, 0.3) is 82.8 Å². The number of aromatic nitrogens is 1. The van der Waals surface area contributed by atoms with Crippen molar-refractivity contribution < 1.29 is 4.42 Å². The molecular weight excluding hydrogens is 571 g/mol. The quantitative estimate of drug-likeness (QED) is 0.197. The fourth-order valence-corrected chi connectivity index (χ4v) is 8.11. The normalized spacial score (nSPS) is 13.5. The summed E-state index contributed by atoms with van der Waals surface area (Å²) in [5, 5.41) is 4.83. The van der Waals surface area contributed by atoms with Gasteiger partial charge in [-0.1, -0.05) is 117 Å². The van der Waals surface area contributed by atoms with Crippen LogP contribution in [0, 0.1) is 0 Å². The highest BCUT2D eigenvalue weighted by atomic mass is 16.3.